The van der Waals surface area contributed by atoms with Crippen molar-refractivity contribution in [2.24, 2.45) is 0 Å². The van der Waals surface area contributed by atoms with Crippen molar-refractivity contribution in [1.82, 2.24) is 10.3 Å². The molecule has 0 spiro atoms. The highest BCUT2D eigenvalue weighted by Crippen LogP contribution is 2.42. The van der Waals surface area contributed by atoms with E-state index < -0.39 is 0 Å². The highest BCUT2D eigenvalue weighted by Gasteiger charge is 2.41. The van der Waals surface area contributed by atoms with Crippen molar-refractivity contribution in [3.05, 3.63) is 66.0 Å². The number of hydrogen-bond acceptors (Lipinski definition) is 2. The lowest BCUT2D eigenvalue weighted by Gasteiger charge is -2.31. The summed E-state index contributed by atoms with van der Waals surface area (Å²) >= 11 is 0. The van der Waals surface area contributed by atoms with Gasteiger partial charge in [-0.2, -0.15) is 0 Å². The summed E-state index contributed by atoms with van der Waals surface area (Å²) in [5.41, 5.74) is 2.62. The summed E-state index contributed by atoms with van der Waals surface area (Å²) in [4.78, 5) is 4.57. The molecule has 2 heterocycles. The predicted molar refractivity (Wildman–Crippen MR) is 73.4 cm³/mol. The molecule has 2 heteroatoms. The predicted octanol–water partition coefficient (Wildman–Crippen LogP) is 3.07. The van der Waals surface area contributed by atoms with E-state index in [0.29, 0.717) is 6.04 Å². The number of rotatable bonds is 2. The van der Waals surface area contributed by atoms with Gasteiger partial charge in [0.25, 0.3) is 0 Å². The molecule has 1 aliphatic heterocycles. The lowest BCUT2D eigenvalue weighted by Crippen LogP contribution is -2.31. The fraction of sp³-hybridized carbons (Fsp3) is 0.312. The Kier molecular flexibility index (Phi) is 2.88. The van der Waals surface area contributed by atoms with Gasteiger partial charge in [0.1, 0.15) is 0 Å². The molecule has 0 bridgehead atoms. The van der Waals surface area contributed by atoms with Crippen LogP contribution in [0.3, 0.4) is 0 Å². The van der Waals surface area contributed by atoms with E-state index in [-0.39, 0.29) is 5.41 Å². The maximum atomic E-state index is 4.57. The lowest BCUT2D eigenvalue weighted by atomic mass is 9.76. The second kappa shape index (κ2) is 4.54. The molecule has 1 aromatic carbocycles. The summed E-state index contributed by atoms with van der Waals surface area (Å²) in [6.07, 6.45) is 3.02. The zero-order valence-electron chi connectivity index (χ0n) is 10.6. The Morgan fingerprint density at radius 1 is 1.11 bits per heavy atom. The first-order valence-electron chi connectivity index (χ1n) is 6.50. The van der Waals surface area contributed by atoms with Crippen LogP contribution < -0.4 is 5.32 Å². The van der Waals surface area contributed by atoms with E-state index in [1.54, 1.807) is 0 Å². The second-order valence-corrected chi connectivity index (χ2v) is 5.18. The summed E-state index contributed by atoms with van der Waals surface area (Å²) in [5, 5.41) is 3.62. The molecule has 0 saturated carbocycles. The molecule has 18 heavy (non-hydrogen) atoms. The van der Waals surface area contributed by atoms with Crippen molar-refractivity contribution in [3.63, 3.8) is 0 Å². The molecule has 0 aliphatic carbocycles. The molecule has 0 amide bonds. The average molecular weight is 238 g/mol. The van der Waals surface area contributed by atoms with Gasteiger partial charge < -0.3 is 5.32 Å². The monoisotopic (exact) mass is 238 g/mol. The van der Waals surface area contributed by atoms with Gasteiger partial charge in [-0.1, -0.05) is 43.3 Å². The minimum Gasteiger partial charge on any atom is -0.309 e. The minimum absolute atomic E-state index is 0.0859. The van der Waals surface area contributed by atoms with Crippen molar-refractivity contribution in [2.75, 3.05) is 6.54 Å². The van der Waals surface area contributed by atoms with Crippen molar-refractivity contribution < 1.29 is 0 Å². The molecule has 2 aromatic rings. The third-order valence-electron chi connectivity index (χ3n) is 4.01. The molecular weight excluding hydrogens is 220 g/mol. The largest absolute Gasteiger partial charge is 0.309 e. The zero-order chi connectivity index (χ0) is 12.4. The summed E-state index contributed by atoms with van der Waals surface area (Å²) in [6.45, 7) is 3.36. The lowest BCUT2D eigenvalue weighted by molar-refractivity contribution is 0.402. The molecular formula is C16H18N2. The van der Waals surface area contributed by atoms with E-state index in [1.807, 2.05) is 12.3 Å². The third-order valence-corrected chi connectivity index (χ3v) is 4.01. The van der Waals surface area contributed by atoms with E-state index >= 15 is 0 Å². The highest BCUT2D eigenvalue weighted by molar-refractivity contribution is 5.30. The number of pyridine rings is 1. The Bertz CT molecular complexity index is 509. The van der Waals surface area contributed by atoms with Gasteiger partial charge in [-0.25, -0.2) is 0 Å². The molecule has 92 valence electrons. The molecule has 0 radical (unpaired) electrons. The van der Waals surface area contributed by atoms with Crippen LogP contribution in [-0.4, -0.2) is 11.5 Å². The summed E-state index contributed by atoms with van der Waals surface area (Å²) in [7, 11) is 0. The fourth-order valence-corrected chi connectivity index (χ4v) is 2.95. The summed E-state index contributed by atoms with van der Waals surface area (Å²) < 4.78 is 0. The van der Waals surface area contributed by atoms with Crippen LogP contribution in [0.15, 0.2) is 54.7 Å². The number of hydrogen-bond donors (Lipinski definition) is 1. The Morgan fingerprint density at radius 3 is 2.61 bits per heavy atom. The summed E-state index contributed by atoms with van der Waals surface area (Å²) in [6, 6.07) is 17.2. The molecule has 1 N–H and O–H groups in total. The summed E-state index contributed by atoms with van der Waals surface area (Å²) in [5.74, 6) is 0. The average Bonchev–Trinajstić information content (AvgIpc) is 2.84. The quantitative estimate of drug-likeness (QED) is 0.869. The van der Waals surface area contributed by atoms with Crippen molar-refractivity contribution in [1.29, 1.82) is 0 Å². The van der Waals surface area contributed by atoms with Gasteiger partial charge in [0, 0.05) is 23.3 Å². The number of nitrogens with one attached hydrogen (secondary N) is 1. The molecule has 1 aliphatic rings. The van der Waals surface area contributed by atoms with Crippen LogP contribution in [0.2, 0.25) is 0 Å². The Balaban J connectivity index is 2.01. The van der Waals surface area contributed by atoms with Crippen LogP contribution in [0.25, 0.3) is 0 Å². The van der Waals surface area contributed by atoms with Crippen molar-refractivity contribution >= 4 is 0 Å². The maximum Gasteiger partial charge on any atom is 0.0482 e. The van der Waals surface area contributed by atoms with E-state index in [0.717, 1.165) is 13.0 Å². The van der Waals surface area contributed by atoms with Gasteiger partial charge in [-0.15, -0.1) is 0 Å². The van der Waals surface area contributed by atoms with Crippen LogP contribution >= 0.6 is 0 Å². The normalized spacial score (nSPS) is 27.3. The van der Waals surface area contributed by atoms with Crippen LogP contribution in [0.5, 0.6) is 0 Å². The van der Waals surface area contributed by atoms with Crippen molar-refractivity contribution in [3.8, 4) is 0 Å². The van der Waals surface area contributed by atoms with Gasteiger partial charge in [-0.05, 0) is 30.7 Å². The second-order valence-electron chi connectivity index (χ2n) is 5.18. The van der Waals surface area contributed by atoms with Gasteiger partial charge >= 0.3 is 0 Å². The number of benzene rings is 1. The molecule has 1 aromatic heterocycles. The zero-order valence-corrected chi connectivity index (χ0v) is 10.6. The molecule has 2 nitrogen and oxygen atoms in total. The van der Waals surface area contributed by atoms with Crippen LogP contribution in [0, 0.1) is 0 Å². The Labute approximate surface area is 108 Å². The van der Waals surface area contributed by atoms with Crippen molar-refractivity contribution in [2.45, 2.75) is 24.8 Å². The standard InChI is InChI=1S/C16H18N2/c1-16(14-9-5-6-11-17-14)10-12-18-15(16)13-7-3-2-4-8-13/h2-9,11,15,18H,10,12H2,1H3. The maximum absolute atomic E-state index is 4.57. The highest BCUT2D eigenvalue weighted by atomic mass is 15.0. The molecule has 3 rings (SSSR count). The van der Waals surface area contributed by atoms with Gasteiger partial charge in [0.2, 0.25) is 0 Å². The topological polar surface area (TPSA) is 24.9 Å². The van der Waals surface area contributed by atoms with Gasteiger partial charge in [-0.3, -0.25) is 4.98 Å². The number of nitrogens with zero attached hydrogens (tertiary/aromatic N) is 1. The van der Waals surface area contributed by atoms with Gasteiger partial charge in [0.15, 0.2) is 0 Å². The van der Waals surface area contributed by atoms with Crippen LogP contribution in [0.1, 0.15) is 30.6 Å². The molecule has 2 unspecified atom stereocenters. The van der Waals surface area contributed by atoms with Crippen LogP contribution in [0.4, 0.5) is 0 Å². The minimum atomic E-state index is 0.0859. The first kappa shape index (κ1) is 11.4. The van der Waals surface area contributed by atoms with E-state index in [9.17, 15) is 0 Å². The molecule has 2 atom stereocenters. The first-order valence-corrected chi connectivity index (χ1v) is 6.50. The molecule has 1 fully saturated rings. The Morgan fingerprint density at radius 2 is 1.89 bits per heavy atom. The SMILES string of the molecule is CC1(c2ccccn2)CCNC1c1ccccc1. The smallest absolute Gasteiger partial charge is 0.0482 e. The van der Waals surface area contributed by atoms with E-state index in [2.05, 4.69) is 59.7 Å². The number of aromatic nitrogens is 1. The van der Waals surface area contributed by atoms with Crippen LogP contribution in [-0.2, 0) is 5.41 Å². The molecule has 1 saturated heterocycles. The fourth-order valence-electron chi connectivity index (χ4n) is 2.95. The van der Waals surface area contributed by atoms with E-state index in [1.165, 1.54) is 11.3 Å². The first-order chi connectivity index (χ1) is 8.81. The Hall–Kier alpha value is -1.67. The van der Waals surface area contributed by atoms with E-state index in [4.69, 9.17) is 0 Å². The third kappa shape index (κ3) is 1.83. The van der Waals surface area contributed by atoms with Gasteiger partial charge in [0.05, 0.1) is 0 Å².